The third-order valence-electron chi connectivity index (χ3n) is 3.52. The zero-order chi connectivity index (χ0) is 16.2. The first-order valence-electron chi connectivity index (χ1n) is 7.30. The van der Waals surface area contributed by atoms with Crippen molar-refractivity contribution >= 4 is 23.9 Å². The number of anilines is 1. The lowest BCUT2D eigenvalue weighted by Crippen LogP contribution is -2.28. The Hall–Kier alpha value is -1.91. The van der Waals surface area contributed by atoms with Gasteiger partial charge in [0.15, 0.2) is 7.28 Å². The summed E-state index contributed by atoms with van der Waals surface area (Å²) in [6.07, 6.45) is -1.24. The van der Waals surface area contributed by atoms with Crippen molar-refractivity contribution < 1.29 is 13.2 Å². The Bertz CT molecular complexity index is 638. The molecular formula is C17H18BF3N. The third-order valence-corrected chi connectivity index (χ3v) is 3.52. The van der Waals surface area contributed by atoms with E-state index in [9.17, 15) is 13.2 Å². The lowest BCUT2D eigenvalue weighted by molar-refractivity contribution is -0.137. The van der Waals surface area contributed by atoms with Crippen LogP contribution in [0.3, 0.4) is 0 Å². The second-order valence-corrected chi connectivity index (χ2v) is 5.33. The Kier molecular flexibility index (Phi) is 5.17. The molecule has 0 aliphatic heterocycles. The van der Waals surface area contributed by atoms with Crippen molar-refractivity contribution in [2.75, 3.05) is 5.73 Å². The van der Waals surface area contributed by atoms with Crippen molar-refractivity contribution in [2.24, 2.45) is 0 Å². The smallest absolute Gasteiger partial charge is 0.399 e. The number of benzene rings is 2. The van der Waals surface area contributed by atoms with E-state index in [4.69, 9.17) is 5.73 Å². The van der Waals surface area contributed by atoms with Gasteiger partial charge >= 0.3 is 6.18 Å². The Morgan fingerprint density at radius 3 is 2.41 bits per heavy atom. The minimum Gasteiger partial charge on any atom is -0.399 e. The van der Waals surface area contributed by atoms with Crippen LogP contribution < -0.4 is 16.7 Å². The molecule has 0 aliphatic rings. The average Bonchev–Trinajstić information content (AvgIpc) is 2.46. The van der Waals surface area contributed by atoms with Crippen LogP contribution in [0.5, 0.6) is 0 Å². The molecule has 0 spiro atoms. The van der Waals surface area contributed by atoms with Gasteiger partial charge in [0, 0.05) is 5.69 Å². The van der Waals surface area contributed by atoms with Gasteiger partial charge in [-0.25, -0.2) is 0 Å². The number of hydrogen-bond acceptors (Lipinski definition) is 1. The molecule has 5 heteroatoms. The zero-order valence-corrected chi connectivity index (χ0v) is 12.5. The number of aryl methyl sites for hydroxylation is 1. The molecule has 0 saturated heterocycles. The van der Waals surface area contributed by atoms with Gasteiger partial charge in [0.05, 0.1) is 5.56 Å². The van der Waals surface area contributed by atoms with Gasteiger partial charge < -0.3 is 5.73 Å². The summed E-state index contributed by atoms with van der Waals surface area (Å²) >= 11 is 0. The highest BCUT2D eigenvalue weighted by Crippen LogP contribution is 2.28. The minimum absolute atomic E-state index is 0.510. The molecule has 0 bridgehead atoms. The van der Waals surface area contributed by atoms with E-state index >= 15 is 0 Å². The summed E-state index contributed by atoms with van der Waals surface area (Å²) in [6, 6.07) is 10.9. The standard InChI is InChI=1S/C17H18BF3N/c1-2-3-5-12-8-9-15(11-16(12)22)18-14-7-4-6-13(10-14)17(19,20)21/h4,6-11H,2-3,5,22H2,1H3. The monoisotopic (exact) mass is 304 g/mol. The van der Waals surface area contributed by atoms with Crippen LogP contribution in [0.2, 0.25) is 0 Å². The first kappa shape index (κ1) is 16.5. The maximum Gasteiger partial charge on any atom is 0.416 e. The SMILES string of the molecule is CCCCc1ccc([B]c2cccc(C(F)(F)F)c2)cc1N. The normalized spacial score (nSPS) is 11.5. The van der Waals surface area contributed by atoms with Gasteiger partial charge in [0.2, 0.25) is 0 Å². The Balaban J connectivity index is 2.16. The molecule has 0 aromatic heterocycles. The van der Waals surface area contributed by atoms with Gasteiger partial charge in [-0.2, -0.15) is 13.2 Å². The highest BCUT2D eigenvalue weighted by molar-refractivity contribution is 6.67. The van der Waals surface area contributed by atoms with Crippen LogP contribution in [0.1, 0.15) is 30.9 Å². The topological polar surface area (TPSA) is 26.0 Å². The van der Waals surface area contributed by atoms with Crippen LogP contribution >= 0.6 is 0 Å². The summed E-state index contributed by atoms with van der Waals surface area (Å²) in [7, 11) is 1.70. The van der Waals surface area contributed by atoms with Crippen molar-refractivity contribution in [2.45, 2.75) is 32.4 Å². The maximum absolute atomic E-state index is 12.7. The lowest BCUT2D eigenvalue weighted by Gasteiger charge is -2.10. The molecule has 22 heavy (non-hydrogen) atoms. The first-order chi connectivity index (χ1) is 10.4. The number of nitrogens with two attached hydrogens (primary N) is 1. The van der Waals surface area contributed by atoms with Crippen LogP contribution in [0.15, 0.2) is 42.5 Å². The van der Waals surface area contributed by atoms with Crippen LogP contribution in [-0.4, -0.2) is 7.28 Å². The Labute approximate surface area is 129 Å². The van der Waals surface area contributed by atoms with E-state index in [2.05, 4.69) is 6.92 Å². The number of nitrogen functional groups attached to an aromatic ring is 1. The summed E-state index contributed by atoms with van der Waals surface area (Å²) in [5.74, 6) is 0. The van der Waals surface area contributed by atoms with Gasteiger partial charge in [-0.3, -0.25) is 0 Å². The average molecular weight is 304 g/mol. The summed E-state index contributed by atoms with van der Waals surface area (Å²) in [5, 5.41) is 0. The fourth-order valence-corrected chi connectivity index (χ4v) is 2.30. The predicted octanol–water partition coefficient (Wildman–Crippen LogP) is 3.29. The number of rotatable bonds is 5. The van der Waals surface area contributed by atoms with E-state index in [0.29, 0.717) is 11.2 Å². The van der Waals surface area contributed by atoms with Gasteiger partial charge in [-0.1, -0.05) is 60.7 Å². The zero-order valence-electron chi connectivity index (χ0n) is 12.5. The molecule has 0 unspecified atom stereocenters. The highest BCUT2D eigenvalue weighted by atomic mass is 19.4. The van der Waals surface area contributed by atoms with E-state index in [-0.39, 0.29) is 0 Å². The summed E-state index contributed by atoms with van der Waals surface area (Å²) in [6.45, 7) is 2.12. The molecule has 115 valence electrons. The highest BCUT2D eigenvalue weighted by Gasteiger charge is 2.30. The molecule has 2 aromatic carbocycles. The van der Waals surface area contributed by atoms with E-state index in [1.54, 1.807) is 13.3 Å². The summed E-state index contributed by atoms with van der Waals surface area (Å²) < 4.78 is 38.1. The largest absolute Gasteiger partial charge is 0.416 e. The quantitative estimate of drug-likeness (QED) is 0.666. The van der Waals surface area contributed by atoms with Gasteiger partial charge in [0.25, 0.3) is 0 Å². The lowest BCUT2D eigenvalue weighted by atomic mass is 9.63. The van der Waals surface area contributed by atoms with Gasteiger partial charge in [0.1, 0.15) is 0 Å². The maximum atomic E-state index is 12.7. The van der Waals surface area contributed by atoms with E-state index in [1.165, 1.54) is 6.07 Å². The molecule has 0 atom stereocenters. The van der Waals surface area contributed by atoms with Gasteiger partial charge in [-0.05, 0) is 24.5 Å². The molecule has 1 radical (unpaired) electrons. The molecule has 0 amide bonds. The van der Waals surface area contributed by atoms with E-state index in [0.717, 1.165) is 42.4 Å². The molecule has 2 aromatic rings. The number of halogens is 3. The van der Waals surface area contributed by atoms with Crippen molar-refractivity contribution in [1.29, 1.82) is 0 Å². The second-order valence-electron chi connectivity index (χ2n) is 5.33. The Morgan fingerprint density at radius 2 is 1.77 bits per heavy atom. The minimum atomic E-state index is -4.33. The first-order valence-corrected chi connectivity index (χ1v) is 7.30. The van der Waals surface area contributed by atoms with Crippen molar-refractivity contribution in [3.05, 3.63) is 53.6 Å². The number of unbranched alkanes of at least 4 members (excludes halogenated alkanes) is 1. The van der Waals surface area contributed by atoms with Crippen LogP contribution in [0.4, 0.5) is 18.9 Å². The molecular weight excluding hydrogens is 286 g/mol. The summed E-state index contributed by atoms with van der Waals surface area (Å²) in [4.78, 5) is 0. The molecule has 2 rings (SSSR count). The van der Waals surface area contributed by atoms with Gasteiger partial charge in [-0.15, -0.1) is 0 Å². The van der Waals surface area contributed by atoms with Crippen molar-refractivity contribution in [1.82, 2.24) is 0 Å². The molecule has 0 heterocycles. The third kappa shape index (κ3) is 4.29. The molecule has 0 saturated carbocycles. The molecule has 2 N–H and O–H groups in total. The van der Waals surface area contributed by atoms with Crippen LogP contribution in [-0.2, 0) is 12.6 Å². The fraction of sp³-hybridized carbons (Fsp3) is 0.294. The van der Waals surface area contributed by atoms with Crippen molar-refractivity contribution in [3.8, 4) is 0 Å². The molecule has 0 fully saturated rings. The fourth-order valence-electron chi connectivity index (χ4n) is 2.30. The van der Waals surface area contributed by atoms with E-state index in [1.807, 2.05) is 18.2 Å². The van der Waals surface area contributed by atoms with E-state index < -0.39 is 11.7 Å². The molecule has 1 nitrogen and oxygen atoms in total. The number of hydrogen-bond donors (Lipinski definition) is 1. The van der Waals surface area contributed by atoms with Crippen molar-refractivity contribution in [3.63, 3.8) is 0 Å². The molecule has 0 aliphatic carbocycles. The number of alkyl halides is 3. The van der Waals surface area contributed by atoms with Crippen LogP contribution in [0, 0.1) is 0 Å². The predicted molar refractivity (Wildman–Crippen MR) is 85.9 cm³/mol. The second kappa shape index (κ2) is 6.90. The summed E-state index contributed by atoms with van der Waals surface area (Å²) in [5.41, 5.74) is 8.46. The Morgan fingerprint density at radius 1 is 1.05 bits per heavy atom. The van der Waals surface area contributed by atoms with Crippen LogP contribution in [0.25, 0.3) is 0 Å².